The summed E-state index contributed by atoms with van der Waals surface area (Å²) < 4.78 is 1.82. The molecule has 0 fully saturated rings. The van der Waals surface area contributed by atoms with Crippen LogP contribution in [0.25, 0.3) is 5.65 Å². The van der Waals surface area contributed by atoms with Crippen molar-refractivity contribution in [3.63, 3.8) is 0 Å². The molecule has 0 aliphatic heterocycles. The van der Waals surface area contributed by atoms with Crippen molar-refractivity contribution in [2.24, 2.45) is 0 Å². The van der Waals surface area contributed by atoms with E-state index in [0.29, 0.717) is 22.8 Å². The number of amides is 3. The van der Waals surface area contributed by atoms with Crippen molar-refractivity contribution >= 4 is 29.0 Å². The van der Waals surface area contributed by atoms with E-state index < -0.39 is 0 Å². The predicted octanol–water partition coefficient (Wildman–Crippen LogP) is 3.30. The maximum Gasteiger partial charge on any atom is 0.323 e. The standard InChI is InChI=1S/C21H18N6O2/c28-20(22-14-19-26-25-18-8-4-5-13-27(18)19)15-9-11-17(12-10-15)24-21(29)23-16-6-2-1-3-7-16/h1-13H,14H2,(H,22,28)(H2,23,24,29). The van der Waals surface area contributed by atoms with Gasteiger partial charge in [-0.15, -0.1) is 10.2 Å². The third kappa shape index (κ3) is 4.38. The molecule has 0 saturated carbocycles. The first-order valence-electron chi connectivity index (χ1n) is 8.99. The van der Waals surface area contributed by atoms with E-state index >= 15 is 0 Å². The minimum Gasteiger partial charge on any atom is -0.345 e. The number of fused-ring (bicyclic) bond motifs is 1. The van der Waals surface area contributed by atoms with Crippen molar-refractivity contribution < 1.29 is 9.59 Å². The predicted molar refractivity (Wildman–Crippen MR) is 110 cm³/mol. The molecule has 4 aromatic rings. The fraction of sp³-hybridized carbons (Fsp3) is 0.0476. The van der Waals surface area contributed by atoms with Crippen LogP contribution in [0.3, 0.4) is 0 Å². The molecular formula is C21H18N6O2. The molecule has 29 heavy (non-hydrogen) atoms. The van der Waals surface area contributed by atoms with Crippen LogP contribution in [-0.4, -0.2) is 26.5 Å². The van der Waals surface area contributed by atoms with E-state index in [1.807, 2.05) is 47.0 Å². The normalized spacial score (nSPS) is 10.5. The number of aromatic nitrogens is 3. The van der Waals surface area contributed by atoms with E-state index in [9.17, 15) is 9.59 Å². The van der Waals surface area contributed by atoms with Crippen molar-refractivity contribution in [3.8, 4) is 0 Å². The van der Waals surface area contributed by atoms with E-state index in [-0.39, 0.29) is 18.5 Å². The van der Waals surface area contributed by atoms with Gasteiger partial charge in [0.2, 0.25) is 0 Å². The van der Waals surface area contributed by atoms with Gasteiger partial charge in [-0.25, -0.2) is 4.79 Å². The summed E-state index contributed by atoms with van der Waals surface area (Å²) in [4.78, 5) is 24.4. The quantitative estimate of drug-likeness (QED) is 0.490. The topological polar surface area (TPSA) is 100 Å². The van der Waals surface area contributed by atoms with E-state index in [0.717, 1.165) is 5.65 Å². The smallest absolute Gasteiger partial charge is 0.323 e. The van der Waals surface area contributed by atoms with Gasteiger partial charge in [0.25, 0.3) is 5.91 Å². The molecule has 3 amide bonds. The van der Waals surface area contributed by atoms with Crippen LogP contribution in [0.15, 0.2) is 79.0 Å². The molecule has 3 N–H and O–H groups in total. The molecule has 144 valence electrons. The Balaban J connectivity index is 1.33. The first-order chi connectivity index (χ1) is 14.2. The van der Waals surface area contributed by atoms with E-state index in [2.05, 4.69) is 26.1 Å². The number of benzene rings is 2. The summed E-state index contributed by atoms with van der Waals surface area (Å²) in [5.74, 6) is 0.405. The molecule has 0 bridgehead atoms. The SMILES string of the molecule is O=C(Nc1ccccc1)Nc1ccc(C(=O)NCc2nnc3ccccn23)cc1. The second-order valence-corrected chi connectivity index (χ2v) is 6.25. The summed E-state index contributed by atoms with van der Waals surface area (Å²) in [5.41, 5.74) is 2.48. The molecule has 4 rings (SSSR count). The maximum atomic E-state index is 12.4. The van der Waals surface area contributed by atoms with Crippen LogP contribution in [0.2, 0.25) is 0 Å². The molecule has 8 heteroatoms. The Bertz CT molecular complexity index is 1140. The Labute approximate surface area is 166 Å². The second kappa shape index (κ2) is 8.22. The number of nitrogens with one attached hydrogen (secondary N) is 3. The highest BCUT2D eigenvalue weighted by Gasteiger charge is 2.09. The highest BCUT2D eigenvalue weighted by molar-refractivity contribution is 6.00. The van der Waals surface area contributed by atoms with Gasteiger partial charge in [0, 0.05) is 23.1 Å². The van der Waals surface area contributed by atoms with Crippen molar-refractivity contribution in [3.05, 3.63) is 90.4 Å². The first-order valence-corrected chi connectivity index (χ1v) is 8.99. The van der Waals surface area contributed by atoms with Gasteiger partial charge in [0.05, 0.1) is 6.54 Å². The number of hydrogen-bond donors (Lipinski definition) is 3. The minimum absolute atomic E-state index is 0.238. The fourth-order valence-electron chi connectivity index (χ4n) is 2.79. The molecule has 2 aromatic carbocycles. The zero-order valence-electron chi connectivity index (χ0n) is 15.4. The van der Waals surface area contributed by atoms with Crippen molar-refractivity contribution in [1.29, 1.82) is 0 Å². The number of carbonyl (C=O) groups excluding carboxylic acids is 2. The highest BCUT2D eigenvalue weighted by Crippen LogP contribution is 2.12. The average molecular weight is 386 g/mol. The molecule has 0 unspecified atom stereocenters. The van der Waals surface area contributed by atoms with Crippen LogP contribution in [0.1, 0.15) is 16.2 Å². The van der Waals surface area contributed by atoms with Crippen molar-refractivity contribution in [2.75, 3.05) is 10.6 Å². The van der Waals surface area contributed by atoms with E-state index in [1.54, 1.807) is 36.4 Å². The Morgan fingerprint density at radius 3 is 2.24 bits per heavy atom. The Morgan fingerprint density at radius 1 is 0.793 bits per heavy atom. The van der Waals surface area contributed by atoms with Crippen LogP contribution < -0.4 is 16.0 Å². The van der Waals surface area contributed by atoms with Crippen LogP contribution in [0.5, 0.6) is 0 Å². The lowest BCUT2D eigenvalue weighted by Gasteiger charge is -2.08. The zero-order valence-corrected chi connectivity index (χ0v) is 15.4. The van der Waals surface area contributed by atoms with Gasteiger partial charge >= 0.3 is 6.03 Å². The van der Waals surface area contributed by atoms with Gasteiger partial charge in [-0.1, -0.05) is 24.3 Å². The van der Waals surface area contributed by atoms with Crippen molar-refractivity contribution in [1.82, 2.24) is 19.9 Å². The van der Waals surface area contributed by atoms with Gasteiger partial charge in [0.15, 0.2) is 11.5 Å². The lowest BCUT2D eigenvalue weighted by molar-refractivity contribution is 0.0950. The summed E-state index contributed by atoms with van der Waals surface area (Å²) >= 11 is 0. The number of rotatable bonds is 5. The molecule has 0 spiro atoms. The van der Waals surface area contributed by atoms with Gasteiger partial charge in [-0.2, -0.15) is 0 Å². The number of urea groups is 1. The summed E-state index contributed by atoms with van der Waals surface area (Å²) in [7, 11) is 0. The lowest BCUT2D eigenvalue weighted by atomic mass is 10.2. The molecule has 0 radical (unpaired) electrons. The Morgan fingerprint density at radius 2 is 1.48 bits per heavy atom. The molecule has 0 atom stereocenters. The molecule has 2 heterocycles. The Kier molecular flexibility index (Phi) is 5.15. The Hall–Kier alpha value is -4.20. The number of anilines is 2. The number of hydrogen-bond acceptors (Lipinski definition) is 4. The monoisotopic (exact) mass is 386 g/mol. The first kappa shape index (κ1) is 18.2. The summed E-state index contributed by atoms with van der Waals surface area (Å²) in [6.45, 7) is 0.253. The van der Waals surface area contributed by atoms with Gasteiger partial charge in [0.1, 0.15) is 0 Å². The number of carbonyl (C=O) groups is 2. The molecular weight excluding hydrogens is 368 g/mol. The van der Waals surface area contributed by atoms with Crippen LogP contribution >= 0.6 is 0 Å². The molecule has 8 nitrogen and oxygen atoms in total. The highest BCUT2D eigenvalue weighted by atomic mass is 16.2. The maximum absolute atomic E-state index is 12.4. The van der Waals surface area contributed by atoms with Gasteiger partial charge in [-0.05, 0) is 48.5 Å². The third-order valence-corrected chi connectivity index (χ3v) is 4.23. The largest absolute Gasteiger partial charge is 0.345 e. The molecule has 0 aliphatic rings. The minimum atomic E-state index is -0.355. The summed E-state index contributed by atoms with van der Waals surface area (Å²) in [6, 6.07) is 21.0. The van der Waals surface area contributed by atoms with Crippen LogP contribution in [-0.2, 0) is 6.54 Å². The van der Waals surface area contributed by atoms with E-state index in [4.69, 9.17) is 0 Å². The fourth-order valence-corrected chi connectivity index (χ4v) is 2.79. The summed E-state index contributed by atoms with van der Waals surface area (Å²) in [6.07, 6.45) is 1.85. The van der Waals surface area contributed by atoms with E-state index in [1.165, 1.54) is 0 Å². The van der Waals surface area contributed by atoms with Crippen LogP contribution in [0, 0.1) is 0 Å². The van der Waals surface area contributed by atoms with Crippen LogP contribution in [0.4, 0.5) is 16.2 Å². The molecule has 2 aromatic heterocycles. The van der Waals surface area contributed by atoms with Crippen molar-refractivity contribution in [2.45, 2.75) is 6.54 Å². The third-order valence-electron chi connectivity index (χ3n) is 4.23. The molecule has 0 aliphatic carbocycles. The van der Waals surface area contributed by atoms with Gasteiger partial charge in [-0.3, -0.25) is 9.20 Å². The summed E-state index contributed by atoms with van der Waals surface area (Å²) in [5, 5.41) is 16.4. The van der Waals surface area contributed by atoms with Gasteiger partial charge < -0.3 is 16.0 Å². The molecule has 0 saturated heterocycles. The average Bonchev–Trinajstić information content (AvgIpc) is 3.16. The second-order valence-electron chi connectivity index (χ2n) is 6.25. The zero-order chi connectivity index (χ0) is 20.1. The number of pyridine rings is 1. The number of nitrogens with zero attached hydrogens (tertiary/aromatic N) is 3. The number of para-hydroxylation sites is 1. The lowest BCUT2D eigenvalue weighted by Crippen LogP contribution is -2.24.